The van der Waals surface area contributed by atoms with Gasteiger partial charge in [-0.3, -0.25) is 0 Å². The fourth-order valence-corrected chi connectivity index (χ4v) is 2.70. The minimum absolute atomic E-state index is 0.357. The summed E-state index contributed by atoms with van der Waals surface area (Å²) in [6.45, 7) is 5.73. The second-order valence-corrected chi connectivity index (χ2v) is 5.86. The lowest BCUT2D eigenvalue weighted by atomic mass is 9.80. The molecule has 0 aromatic heterocycles. The van der Waals surface area contributed by atoms with Crippen LogP contribution in [0.2, 0.25) is 0 Å². The van der Waals surface area contributed by atoms with Crippen LogP contribution in [-0.2, 0) is 0 Å². The first-order valence-corrected chi connectivity index (χ1v) is 7.88. The highest BCUT2D eigenvalue weighted by Gasteiger charge is 2.21. The molecule has 4 N–H and O–H groups in total. The fourth-order valence-electron chi connectivity index (χ4n) is 2.70. The number of ether oxygens (including phenoxy) is 1. The van der Waals surface area contributed by atoms with Gasteiger partial charge in [0.15, 0.2) is 0 Å². The maximum absolute atomic E-state index is 5.82. The Morgan fingerprint density at radius 2 is 1.36 bits per heavy atom. The van der Waals surface area contributed by atoms with Gasteiger partial charge in [0, 0.05) is 0 Å². The third-order valence-electron chi connectivity index (χ3n) is 4.52. The Balaban J connectivity index is 2.05. The summed E-state index contributed by atoms with van der Waals surface area (Å²) in [6, 6.07) is 18.1. The topological polar surface area (TPSA) is 61.3 Å². The van der Waals surface area contributed by atoms with Crippen molar-refractivity contribution < 1.29 is 4.74 Å². The number of rotatable bonds is 7. The summed E-state index contributed by atoms with van der Waals surface area (Å²) >= 11 is 0. The molecule has 22 heavy (non-hydrogen) atoms. The third kappa shape index (κ3) is 4.09. The van der Waals surface area contributed by atoms with E-state index in [4.69, 9.17) is 16.2 Å². The van der Waals surface area contributed by atoms with Crippen molar-refractivity contribution in [2.45, 2.75) is 19.8 Å². The molecular formula is C19H26N2O. The largest absolute Gasteiger partial charge is 0.457 e. The van der Waals surface area contributed by atoms with E-state index in [-0.39, 0.29) is 0 Å². The van der Waals surface area contributed by atoms with Crippen molar-refractivity contribution in [1.82, 2.24) is 0 Å². The molecule has 2 aromatic carbocycles. The van der Waals surface area contributed by atoms with E-state index >= 15 is 0 Å². The molecule has 0 radical (unpaired) electrons. The Bertz CT molecular complexity index is 549. The minimum Gasteiger partial charge on any atom is -0.457 e. The Labute approximate surface area is 133 Å². The molecular weight excluding hydrogens is 272 g/mol. The Morgan fingerprint density at radius 1 is 0.818 bits per heavy atom. The maximum Gasteiger partial charge on any atom is 0.127 e. The van der Waals surface area contributed by atoms with Gasteiger partial charge in [0.25, 0.3) is 0 Å². The first-order valence-electron chi connectivity index (χ1n) is 7.88. The van der Waals surface area contributed by atoms with Crippen LogP contribution >= 0.6 is 0 Å². The molecule has 0 fully saturated rings. The Hall–Kier alpha value is -1.84. The molecule has 0 aliphatic rings. The zero-order chi connectivity index (χ0) is 15.9. The van der Waals surface area contributed by atoms with Crippen LogP contribution in [0.3, 0.4) is 0 Å². The van der Waals surface area contributed by atoms with E-state index in [0.29, 0.717) is 30.8 Å². The summed E-state index contributed by atoms with van der Waals surface area (Å²) < 4.78 is 5.82. The summed E-state index contributed by atoms with van der Waals surface area (Å²) in [7, 11) is 0. The molecule has 2 aromatic rings. The van der Waals surface area contributed by atoms with E-state index in [2.05, 4.69) is 26.0 Å². The molecule has 3 nitrogen and oxygen atoms in total. The van der Waals surface area contributed by atoms with Gasteiger partial charge in [0.1, 0.15) is 11.5 Å². The van der Waals surface area contributed by atoms with Gasteiger partial charge in [0.2, 0.25) is 0 Å². The van der Waals surface area contributed by atoms with Crippen LogP contribution in [0.4, 0.5) is 0 Å². The highest BCUT2D eigenvalue weighted by molar-refractivity contribution is 5.34. The van der Waals surface area contributed by atoms with E-state index < -0.39 is 0 Å². The Kier molecular flexibility index (Phi) is 5.99. The standard InChI is InChI=1S/C19H26N2O/c1-14(15(2)17(12-20)13-21)16-8-10-19(11-9-16)22-18-6-4-3-5-7-18/h3-11,14-15,17H,12-13,20-21H2,1-2H3. The van der Waals surface area contributed by atoms with Gasteiger partial charge in [-0.05, 0) is 60.7 Å². The van der Waals surface area contributed by atoms with Crippen molar-refractivity contribution in [2.24, 2.45) is 23.3 Å². The maximum atomic E-state index is 5.82. The van der Waals surface area contributed by atoms with Crippen LogP contribution in [0.15, 0.2) is 54.6 Å². The van der Waals surface area contributed by atoms with Crippen LogP contribution in [0.5, 0.6) is 11.5 Å². The van der Waals surface area contributed by atoms with Crippen LogP contribution in [0.1, 0.15) is 25.3 Å². The average Bonchev–Trinajstić information content (AvgIpc) is 2.57. The van der Waals surface area contributed by atoms with Gasteiger partial charge in [-0.25, -0.2) is 0 Å². The van der Waals surface area contributed by atoms with Crippen molar-refractivity contribution in [3.8, 4) is 11.5 Å². The number of hydrogen-bond acceptors (Lipinski definition) is 3. The molecule has 0 saturated heterocycles. The number of benzene rings is 2. The summed E-state index contributed by atoms with van der Waals surface area (Å²) in [5, 5.41) is 0. The van der Waals surface area contributed by atoms with Crippen molar-refractivity contribution in [3.63, 3.8) is 0 Å². The second-order valence-electron chi connectivity index (χ2n) is 5.86. The summed E-state index contributed by atoms with van der Waals surface area (Å²) in [5.74, 6) is 2.93. The molecule has 0 saturated carbocycles. The first-order chi connectivity index (χ1) is 10.7. The van der Waals surface area contributed by atoms with Crippen LogP contribution in [0.25, 0.3) is 0 Å². The number of para-hydroxylation sites is 1. The lowest BCUT2D eigenvalue weighted by Crippen LogP contribution is -2.31. The van der Waals surface area contributed by atoms with Gasteiger partial charge in [-0.1, -0.05) is 44.2 Å². The normalized spacial score (nSPS) is 13.9. The van der Waals surface area contributed by atoms with Crippen LogP contribution in [-0.4, -0.2) is 13.1 Å². The predicted octanol–water partition coefficient (Wildman–Crippen LogP) is 3.75. The fraction of sp³-hybridized carbons (Fsp3) is 0.368. The van der Waals surface area contributed by atoms with Crippen LogP contribution < -0.4 is 16.2 Å². The summed E-state index contributed by atoms with van der Waals surface area (Å²) in [6.07, 6.45) is 0. The molecule has 0 bridgehead atoms. The molecule has 0 spiro atoms. The van der Waals surface area contributed by atoms with E-state index in [1.165, 1.54) is 5.56 Å². The number of hydrogen-bond donors (Lipinski definition) is 2. The van der Waals surface area contributed by atoms with Crippen molar-refractivity contribution in [3.05, 3.63) is 60.2 Å². The highest BCUT2D eigenvalue weighted by atomic mass is 16.5. The quantitative estimate of drug-likeness (QED) is 0.818. The zero-order valence-electron chi connectivity index (χ0n) is 13.4. The molecule has 2 rings (SSSR count). The lowest BCUT2D eigenvalue weighted by Gasteiger charge is -2.27. The van der Waals surface area contributed by atoms with E-state index in [0.717, 1.165) is 11.5 Å². The second kappa shape index (κ2) is 7.97. The monoisotopic (exact) mass is 298 g/mol. The smallest absolute Gasteiger partial charge is 0.127 e. The predicted molar refractivity (Wildman–Crippen MR) is 92.1 cm³/mol. The first kappa shape index (κ1) is 16.5. The van der Waals surface area contributed by atoms with Gasteiger partial charge < -0.3 is 16.2 Å². The third-order valence-corrected chi connectivity index (χ3v) is 4.52. The highest BCUT2D eigenvalue weighted by Crippen LogP contribution is 2.31. The van der Waals surface area contributed by atoms with Crippen molar-refractivity contribution in [1.29, 1.82) is 0 Å². The van der Waals surface area contributed by atoms with Gasteiger partial charge in [-0.2, -0.15) is 0 Å². The SMILES string of the molecule is CC(c1ccc(Oc2ccccc2)cc1)C(C)C(CN)CN. The molecule has 2 atom stereocenters. The average molecular weight is 298 g/mol. The molecule has 0 heterocycles. The number of nitrogens with two attached hydrogens (primary N) is 2. The van der Waals surface area contributed by atoms with Crippen LogP contribution in [0, 0.1) is 11.8 Å². The van der Waals surface area contributed by atoms with Gasteiger partial charge in [-0.15, -0.1) is 0 Å². The van der Waals surface area contributed by atoms with Gasteiger partial charge >= 0.3 is 0 Å². The summed E-state index contributed by atoms with van der Waals surface area (Å²) in [4.78, 5) is 0. The zero-order valence-corrected chi connectivity index (χ0v) is 13.4. The minimum atomic E-state index is 0.357. The molecule has 0 aliphatic heterocycles. The van der Waals surface area contributed by atoms with E-state index in [1.807, 2.05) is 42.5 Å². The molecule has 118 valence electrons. The molecule has 0 amide bonds. The van der Waals surface area contributed by atoms with Gasteiger partial charge in [0.05, 0.1) is 0 Å². The van der Waals surface area contributed by atoms with E-state index in [9.17, 15) is 0 Å². The van der Waals surface area contributed by atoms with Crippen molar-refractivity contribution >= 4 is 0 Å². The van der Waals surface area contributed by atoms with Crippen molar-refractivity contribution in [2.75, 3.05) is 13.1 Å². The summed E-state index contributed by atoms with van der Waals surface area (Å²) in [5.41, 5.74) is 12.9. The van der Waals surface area contributed by atoms with E-state index in [1.54, 1.807) is 0 Å². The molecule has 3 heteroatoms. The Morgan fingerprint density at radius 3 is 1.91 bits per heavy atom. The molecule has 2 unspecified atom stereocenters. The lowest BCUT2D eigenvalue weighted by molar-refractivity contribution is 0.328. The molecule has 0 aliphatic carbocycles.